The van der Waals surface area contributed by atoms with E-state index in [0.29, 0.717) is 5.75 Å². The van der Waals surface area contributed by atoms with Gasteiger partial charge in [0.1, 0.15) is 0 Å². The largest absolute Gasteiger partial charge is 0.293 e. The molecule has 2 aromatic rings. The van der Waals surface area contributed by atoms with Crippen LogP contribution >= 0.6 is 11.8 Å². The Morgan fingerprint density at radius 2 is 1.88 bits per heavy atom. The molecule has 0 unspecified atom stereocenters. The highest BCUT2D eigenvalue weighted by Crippen LogP contribution is 2.19. The maximum atomic E-state index is 12.0. The van der Waals surface area contributed by atoms with Crippen LogP contribution in [0.2, 0.25) is 0 Å². The minimum absolute atomic E-state index is 0.171. The summed E-state index contributed by atoms with van der Waals surface area (Å²) in [6.07, 6.45) is 3.47. The fourth-order valence-corrected chi connectivity index (χ4v) is 2.31. The summed E-state index contributed by atoms with van der Waals surface area (Å²) in [5, 5.41) is 0. The van der Waals surface area contributed by atoms with Gasteiger partial charge in [0.25, 0.3) is 0 Å². The van der Waals surface area contributed by atoms with Gasteiger partial charge in [-0.05, 0) is 24.6 Å². The lowest BCUT2D eigenvalue weighted by Gasteiger charge is -2.04. The first-order chi connectivity index (χ1) is 8.27. The van der Waals surface area contributed by atoms with E-state index in [-0.39, 0.29) is 5.78 Å². The van der Waals surface area contributed by atoms with Crippen LogP contribution in [-0.2, 0) is 0 Å². The normalized spacial score (nSPS) is 10.2. The standard InChI is InChI=1S/C14H13NOS/c1-11-4-2-3-5-13(11)14(16)10-17-12-6-8-15-9-7-12/h2-9H,10H2,1H3. The van der Waals surface area contributed by atoms with Gasteiger partial charge in [-0.2, -0.15) is 0 Å². The monoisotopic (exact) mass is 243 g/mol. The summed E-state index contributed by atoms with van der Waals surface area (Å²) in [5.74, 6) is 0.638. The van der Waals surface area contributed by atoms with Gasteiger partial charge in [-0.1, -0.05) is 24.3 Å². The third-order valence-corrected chi connectivity index (χ3v) is 3.48. The van der Waals surface area contributed by atoms with Crippen molar-refractivity contribution in [2.45, 2.75) is 11.8 Å². The first kappa shape index (κ1) is 11.9. The van der Waals surface area contributed by atoms with Crippen molar-refractivity contribution in [1.82, 2.24) is 4.98 Å². The Morgan fingerprint density at radius 3 is 2.59 bits per heavy atom. The Morgan fingerprint density at radius 1 is 1.18 bits per heavy atom. The van der Waals surface area contributed by atoms with Crippen molar-refractivity contribution in [3.63, 3.8) is 0 Å². The molecule has 17 heavy (non-hydrogen) atoms. The molecule has 86 valence electrons. The maximum Gasteiger partial charge on any atom is 0.173 e. The first-order valence-corrected chi connectivity index (χ1v) is 6.37. The Labute approximate surface area is 105 Å². The molecule has 0 radical (unpaired) electrons. The molecule has 1 aromatic heterocycles. The number of aryl methyl sites for hydroxylation is 1. The van der Waals surface area contributed by atoms with E-state index in [9.17, 15) is 4.79 Å². The van der Waals surface area contributed by atoms with Gasteiger partial charge in [-0.25, -0.2) is 0 Å². The summed E-state index contributed by atoms with van der Waals surface area (Å²) >= 11 is 1.54. The lowest BCUT2D eigenvalue weighted by Crippen LogP contribution is -2.04. The molecule has 0 atom stereocenters. The minimum atomic E-state index is 0.171. The quantitative estimate of drug-likeness (QED) is 0.609. The summed E-state index contributed by atoms with van der Waals surface area (Å²) < 4.78 is 0. The smallest absolute Gasteiger partial charge is 0.173 e. The lowest BCUT2D eigenvalue weighted by atomic mass is 10.1. The predicted molar refractivity (Wildman–Crippen MR) is 70.5 cm³/mol. The molecule has 3 heteroatoms. The van der Waals surface area contributed by atoms with Crippen LogP contribution in [0.5, 0.6) is 0 Å². The van der Waals surface area contributed by atoms with E-state index >= 15 is 0 Å². The van der Waals surface area contributed by atoms with E-state index in [0.717, 1.165) is 16.0 Å². The second kappa shape index (κ2) is 5.64. The van der Waals surface area contributed by atoms with Crippen molar-refractivity contribution in [3.05, 3.63) is 59.9 Å². The van der Waals surface area contributed by atoms with Crippen molar-refractivity contribution in [2.24, 2.45) is 0 Å². The molecule has 1 heterocycles. The molecule has 2 rings (SSSR count). The zero-order chi connectivity index (χ0) is 12.1. The van der Waals surface area contributed by atoms with Crippen LogP contribution < -0.4 is 0 Å². The van der Waals surface area contributed by atoms with Crippen molar-refractivity contribution >= 4 is 17.5 Å². The molecule has 0 spiro atoms. The third kappa shape index (κ3) is 3.17. The number of Topliss-reactive ketones (excluding diaryl/α,β-unsaturated/α-hetero) is 1. The van der Waals surface area contributed by atoms with Crippen molar-refractivity contribution < 1.29 is 4.79 Å². The van der Waals surface area contributed by atoms with Crippen LogP contribution in [-0.4, -0.2) is 16.5 Å². The van der Waals surface area contributed by atoms with Crippen LogP contribution in [0.15, 0.2) is 53.7 Å². The molecule has 0 aliphatic heterocycles. The van der Waals surface area contributed by atoms with Gasteiger partial charge in [-0.15, -0.1) is 11.8 Å². The van der Waals surface area contributed by atoms with Gasteiger partial charge in [0.15, 0.2) is 5.78 Å². The van der Waals surface area contributed by atoms with Crippen molar-refractivity contribution in [2.75, 3.05) is 5.75 Å². The number of carbonyl (C=O) groups excluding carboxylic acids is 1. The number of thioether (sulfide) groups is 1. The second-order valence-electron chi connectivity index (χ2n) is 3.71. The molecule has 0 bridgehead atoms. The summed E-state index contributed by atoms with van der Waals surface area (Å²) in [5.41, 5.74) is 1.85. The van der Waals surface area contributed by atoms with Gasteiger partial charge in [0, 0.05) is 22.9 Å². The number of aromatic nitrogens is 1. The van der Waals surface area contributed by atoms with E-state index in [1.165, 1.54) is 0 Å². The summed E-state index contributed by atoms with van der Waals surface area (Å²) in [6, 6.07) is 11.5. The van der Waals surface area contributed by atoms with Crippen LogP contribution in [0, 0.1) is 6.92 Å². The number of ketones is 1. The van der Waals surface area contributed by atoms with Crippen LogP contribution in [0.3, 0.4) is 0 Å². The van der Waals surface area contributed by atoms with E-state index in [1.54, 1.807) is 24.2 Å². The molecule has 0 saturated carbocycles. The highest BCUT2D eigenvalue weighted by molar-refractivity contribution is 8.00. The molecule has 1 aromatic carbocycles. The van der Waals surface area contributed by atoms with Gasteiger partial charge in [-0.3, -0.25) is 9.78 Å². The number of hydrogen-bond acceptors (Lipinski definition) is 3. The molecular formula is C14H13NOS. The van der Waals surface area contributed by atoms with E-state index in [4.69, 9.17) is 0 Å². The van der Waals surface area contributed by atoms with E-state index < -0.39 is 0 Å². The number of rotatable bonds is 4. The highest BCUT2D eigenvalue weighted by atomic mass is 32.2. The van der Waals surface area contributed by atoms with Gasteiger partial charge in [0.2, 0.25) is 0 Å². The Balaban J connectivity index is 2.01. The van der Waals surface area contributed by atoms with Crippen LogP contribution in [0.25, 0.3) is 0 Å². The molecule has 0 amide bonds. The van der Waals surface area contributed by atoms with Gasteiger partial charge in [0.05, 0.1) is 5.75 Å². The fraction of sp³-hybridized carbons (Fsp3) is 0.143. The predicted octanol–water partition coefficient (Wildman–Crippen LogP) is 3.37. The second-order valence-corrected chi connectivity index (χ2v) is 4.76. The number of benzene rings is 1. The average Bonchev–Trinajstić information content (AvgIpc) is 2.38. The Kier molecular flexibility index (Phi) is 3.94. The zero-order valence-corrected chi connectivity index (χ0v) is 10.4. The summed E-state index contributed by atoms with van der Waals surface area (Å²) in [6.45, 7) is 1.96. The van der Waals surface area contributed by atoms with Crippen LogP contribution in [0.4, 0.5) is 0 Å². The van der Waals surface area contributed by atoms with Gasteiger partial charge >= 0.3 is 0 Å². The molecular weight excluding hydrogens is 230 g/mol. The lowest BCUT2D eigenvalue weighted by molar-refractivity contribution is 0.102. The molecule has 0 aliphatic carbocycles. The zero-order valence-electron chi connectivity index (χ0n) is 9.59. The van der Waals surface area contributed by atoms with Gasteiger partial charge < -0.3 is 0 Å². The number of carbonyl (C=O) groups is 1. The fourth-order valence-electron chi connectivity index (χ4n) is 1.55. The minimum Gasteiger partial charge on any atom is -0.293 e. The molecule has 2 nitrogen and oxygen atoms in total. The summed E-state index contributed by atoms with van der Waals surface area (Å²) in [4.78, 5) is 17.0. The SMILES string of the molecule is Cc1ccccc1C(=O)CSc1ccncc1. The average molecular weight is 243 g/mol. The molecule has 0 aliphatic rings. The Bertz CT molecular complexity index is 511. The summed E-state index contributed by atoms with van der Waals surface area (Å²) in [7, 11) is 0. The number of pyridine rings is 1. The van der Waals surface area contributed by atoms with E-state index in [2.05, 4.69) is 4.98 Å². The maximum absolute atomic E-state index is 12.0. The molecule has 0 N–H and O–H groups in total. The van der Waals surface area contributed by atoms with Crippen molar-refractivity contribution in [3.8, 4) is 0 Å². The van der Waals surface area contributed by atoms with E-state index in [1.807, 2.05) is 43.3 Å². The molecule has 0 saturated heterocycles. The topological polar surface area (TPSA) is 30.0 Å². The van der Waals surface area contributed by atoms with Crippen molar-refractivity contribution in [1.29, 1.82) is 0 Å². The third-order valence-electron chi connectivity index (χ3n) is 2.47. The Hall–Kier alpha value is -1.61. The number of nitrogens with zero attached hydrogens (tertiary/aromatic N) is 1. The first-order valence-electron chi connectivity index (χ1n) is 5.39. The highest BCUT2D eigenvalue weighted by Gasteiger charge is 2.08. The van der Waals surface area contributed by atoms with Crippen LogP contribution in [0.1, 0.15) is 15.9 Å². The number of hydrogen-bond donors (Lipinski definition) is 0. The molecule has 0 fully saturated rings.